The van der Waals surface area contributed by atoms with Gasteiger partial charge in [0.15, 0.2) is 6.61 Å². The van der Waals surface area contributed by atoms with Crippen LogP contribution in [0.25, 0.3) is 0 Å². The lowest BCUT2D eigenvalue weighted by Crippen LogP contribution is -2.29. The Hall–Kier alpha value is -1.27. The molecule has 0 aliphatic rings. The molecule has 112 valence electrons. The smallest absolute Gasteiger partial charge is 0.261 e. The minimum atomic E-state index is -3.77. The Kier molecular flexibility index (Phi) is 5.83. The maximum absolute atomic E-state index is 11.5. The van der Waals surface area contributed by atoms with Crippen molar-refractivity contribution >= 4 is 25.6 Å². The van der Waals surface area contributed by atoms with Crippen LogP contribution < -0.4 is 10.1 Å². The van der Waals surface area contributed by atoms with Crippen LogP contribution in [0.4, 0.5) is 0 Å². The Balaban J connectivity index is 2.85. The molecule has 0 aliphatic heterocycles. The molecule has 1 rings (SSSR count). The second-order valence-electron chi connectivity index (χ2n) is 4.46. The molecule has 0 radical (unpaired) electrons. The van der Waals surface area contributed by atoms with E-state index < -0.39 is 9.05 Å². The number of rotatable bonds is 6. The van der Waals surface area contributed by atoms with Gasteiger partial charge in [-0.25, -0.2) is 8.42 Å². The van der Waals surface area contributed by atoms with Crippen LogP contribution in [0, 0.1) is 13.8 Å². The fourth-order valence-corrected chi connectivity index (χ4v) is 2.63. The van der Waals surface area contributed by atoms with Gasteiger partial charge in [0.2, 0.25) is 0 Å². The Morgan fingerprint density at radius 1 is 1.30 bits per heavy atom. The Morgan fingerprint density at radius 3 is 2.30 bits per heavy atom. The number of hydrogen-bond acceptors (Lipinski definition) is 4. The molecule has 0 bridgehead atoms. The summed E-state index contributed by atoms with van der Waals surface area (Å²) in [7, 11) is 1.54. The van der Waals surface area contributed by atoms with Crippen LogP contribution in [-0.4, -0.2) is 27.5 Å². The Morgan fingerprint density at radius 2 is 1.85 bits per heavy atom. The molecule has 1 aromatic rings. The first-order valence-electron chi connectivity index (χ1n) is 6.21. The first-order valence-corrected chi connectivity index (χ1v) is 8.52. The van der Waals surface area contributed by atoms with Crippen LogP contribution >= 0.6 is 10.7 Å². The van der Waals surface area contributed by atoms with E-state index in [1.165, 1.54) is 12.1 Å². The summed E-state index contributed by atoms with van der Waals surface area (Å²) in [5.41, 5.74) is 1.24. The van der Waals surface area contributed by atoms with Crippen LogP contribution in [0.2, 0.25) is 0 Å². The number of benzene rings is 1. The van der Waals surface area contributed by atoms with E-state index in [0.717, 1.165) is 6.42 Å². The molecular formula is C13H18ClNO4S. The van der Waals surface area contributed by atoms with Crippen LogP contribution in [0.1, 0.15) is 24.5 Å². The van der Waals surface area contributed by atoms with Gasteiger partial charge in [0.25, 0.3) is 15.0 Å². The van der Waals surface area contributed by atoms with E-state index in [2.05, 4.69) is 5.32 Å². The van der Waals surface area contributed by atoms with Crippen LogP contribution in [0.3, 0.4) is 0 Å². The number of nitrogens with one attached hydrogen (secondary N) is 1. The zero-order valence-electron chi connectivity index (χ0n) is 11.7. The number of hydrogen-bond donors (Lipinski definition) is 1. The molecule has 7 heteroatoms. The van der Waals surface area contributed by atoms with Crippen LogP contribution in [0.5, 0.6) is 5.75 Å². The third-order valence-electron chi connectivity index (χ3n) is 2.64. The number of carbonyl (C=O) groups excluding carboxylic acids is 1. The fraction of sp³-hybridized carbons (Fsp3) is 0.462. The highest BCUT2D eigenvalue weighted by Crippen LogP contribution is 2.28. The number of aryl methyl sites for hydroxylation is 2. The van der Waals surface area contributed by atoms with Gasteiger partial charge in [-0.3, -0.25) is 4.79 Å². The average molecular weight is 320 g/mol. The van der Waals surface area contributed by atoms with E-state index in [1.807, 2.05) is 6.92 Å². The molecule has 20 heavy (non-hydrogen) atoms. The first kappa shape index (κ1) is 16.8. The lowest BCUT2D eigenvalue weighted by molar-refractivity contribution is -0.123. The highest BCUT2D eigenvalue weighted by molar-refractivity contribution is 8.13. The van der Waals surface area contributed by atoms with Crippen molar-refractivity contribution in [3.05, 3.63) is 23.3 Å². The summed E-state index contributed by atoms with van der Waals surface area (Å²) >= 11 is 0. The van der Waals surface area contributed by atoms with Crippen molar-refractivity contribution in [3.8, 4) is 5.75 Å². The predicted molar refractivity (Wildman–Crippen MR) is 77.8 cm³/mol. The Bertz CT molecular complexity index is 575. The van der Waals surface area contributed by atoms with Gasteiger partial charge in [-0.1, -0.05) is 6.92 Å². The summed E-state index contributed by atoms with van der Waals surface area (Å²) in [4.78, 5) is 11.5. The van der Waals surface area contributed by atoms with Gasteiger partial charge in [0.1, 0.15) is 5.75 Å². The topological polar surface area (TPSA) is 72.5 Å². The second-order valence-corrected chi connectivity index (χ2v) is 7.03. The van der Waals surface area contributed by atoms with Crippen LogP contribution in [0.15, 0.2) is 17.0 Å². The van der Waals surface area contributed by atoms with Crippen molar-refractivity contribution < 1.29 is 17.9 Å². The monoisotopic (exact) mass is 319 g/mol. The van der Waals surface area contributed by atoms with Gasteiger partial charge in [-0.15, -0.1) is 0 Å². The largest absolute Gasteiger partial charge is 0.483 e. The molecule has 1 aromatic carbocycles. The first-order chi connectivity index (χ1) is 9.25. The highest BCUT2D eigenvalue weighted by atomic mass is 35.7. The minimum Gasteiger partial charge on any atom is -0.483 e. The summed E-state index contributed by atoms with van der Waals surface area (Å²) < 4.78 is 28.0. The number of ether oxygens (including phenoxy) is 1. The van der Waals surface area contributed by atoms with E-state index in [-0.39, 0.29) is 17.4 Å². The molecule has 0 aromatic heterocycles. The third-order valence-corrected chi connectivity index (χ3v) is 3.97. The van der Waals surface area contributed by atoms with Gasteiger partial charge in [-0.2, -0.15) is 0 Å². The van der Waals surface area contributed by atoms with Gasteiger partial charge >= 0.3 is 0 Å². The molecule has 0 aliphatic carbocycles. The quantitative estimate of drug-likeness (QED) is 0.815. The molecule has 0 saturated carbocycles. The summed E-state index contributed by atoms with van der Waals surface area (Å²) in [5.74, 6) is 0.292. The van der Waals surface area contributed by atoms with E-state index in [1.54, 1.807) is 13.8 Å². The standard InChI is InChI=1S/C13H18ClNO4S/c1-4-5-15-12(16)8-19-13-9(2)6-11(7-10(13)3)20(14,17)18/h6-7H,4-5,8H2,1-3H3,(H,15,16). The average Bonchev–Trinajstić information content (AvgIpc) is 2.34. The number of carbonyl (C=O) groups is 1. The van der Waals surface area contributed by atoms with Crippen molar-refractivity contribution in [2.45, 2.75) is 32.1 Å². The molecule has 0 spiro atoms. The summed E-state index contributed by atoms with van der Waals surface area (Å²) in [5, 5.41) is 2.70. The van der Waals surface area contributed by atoms with Crippen molar-refractivity contribution in [2.24, 2.45) is 0 Å². The second kappa shape index (κ2) is 6.95. The van der Waals surface area contributed by atoms with E-state index in [0.29, 0.717) is 23.4 Å². The van der Waals surface area contributed by atoms with Crippen molar-refractivity contribution in [1.29, 1.82) is 0 Å². The predicted octanol–water partition coefficient (Wildman–Crippen LogP) is 2.14. The minimum absolute atomic E-state index is 0.0250. The lowest BCUT2D eigenvalue weighted by Gasteiger charge is -2.13. The molecule has 5 nitrogen and oxygen atoms in total. The van der Waals surface area contributed by atoms with E-state index in [9.17, 15) is 13.2 Å². The normalized spacial score (nSPS) is 11.2. The third kappa shape index (κ3) is 4.68. The molecular weight excluding hydrogens is 302 g/mol. The maximum Gasteiger partial charge on any atom is 0.261 e. The molecule has 0 heterocycles. The number of halogens is 1. The highest BCUT2D eigenvalue weighted by Gasteiger charge is 2.15. The molecule has 0 unspecified atom stereocenters. The SMILES string of the molecule is CCCNC(=O)COc1c(C)cc(S(=O)(=O)Cl)cc1C. The summed E-state index contributed by atoms with van der Waals surface area (Å²) in [6, 6.07) is 2.85. The summed E-state index contributed by atoms with van der Waals surface area (Å²) in [6.07, 6.45) is 0.853. The fourth-order valence-electron chi connectivity index (χ4n) is 1.73. The zero-order chi connectivity index (χ0) is 15.3. The van der Waals surface area contributed by atoms with Crippen LogP contribution in [-0.2, 0) is 13.8 Å². The molecule has 0 atom stereocenters. The molecule has 1 N–H and O–H groups in total. The van der Waals surface area contributed by atoms with Gasteiger partial charge in [0, 0.05) is 17.2 Å². The van der Waals surface area contributed by atoms with Crippen molar-refractivity contribution in [2.75, 3.05) is 13.2 Å². The summed E-state index contributed by atoms with van der Waals surface area (Å²) in [6.45, 7) is 5.87. The Labute approximate surface area is 123 Å². The molecule has 0 fully saturated rings. The molecule has 0 saturated heterocycles. The zero-order valence-corrected chi connectivity index (χ0v) is 13.3. The van der Waals surface area contributed by atoms with Crippen molar-refractivity contribution in [1.82, 2.24) is 5.32 Å². The molecule has 1 amide bonds. The number of amides is 1. The lowest BCUT2D eigenvalue weighted by atomic mass is 10.1. The van der Waals surface area contributed by atoms with E-state index in [4.69, 9.17) is 15.4 Å². The van der Waals surface area contributed by atoms with Crippen molar-refractivity contribution in [3.63, 3.8) is 0 Å². The van der Waals surface area contributed by atoms with Gasteiger partial charge in [-0.05, 0) is 43.5 Å². The van der Waals surface area contributed by atoms with Gasteiger partial charge in [0.05, 0.1) is 4.90 Å². The van der Waals surface area contributed by atoms with E-state index >= 15 is 0 Å². The maximum atomic E-state index is 11.5. The van der Waals surface area contributed by atoms with Gasteiger partial charge < -0.3 is 10.1 Å².